The zero-order valence-electron chi connectivity index (χ0n) is 17.4. The molecule has 5 nitrogen and oxygen atoms in total. The number of nitrogens with one attached hydrogen (secondary N) is 1. The Kier molecular flexibility index (Phi) is 7.28. The van der Waals surface area contributed by atoms with Crippen LogP contribution in [-0.2, 0) is 11.3 Å². The van der Waals surface area contributed by atoms with Crippen LogP contribution in [0.4, 0.5) is 5.69 Å². The Morgan fingerprint density at radius 1 is 0.966 bits per heavy atom. The zero-order valence-corrected chi connectivity index (χ0v) is 17.4. The highest BCUT2D eigenvalue weighted by Crippen LogP contribution is 2.22. The number of hydrogen-bond donors (Lipinski definition) is 1. The maximum Gasteiger partial charge on any atom is 0.253 e. The number of benzene rings is 2. The lowest BCUT2D eigenvalue weighted by atomic mass is 9.94. The topological polar surface area (TPSA) is 52.7 Å². The molecule has 29 heavy (non-hydrogen) atoms. The third kappa shape index (κ3) is 5.83. The Bertz CT molecular complexity index is 816. The van der Waals surface area contributed by atoms with E-state index in [2.05, 4.69) is 5.32 Å². The molecule has 154 valence electrons. The summed E-state index contributed by atoms with van der Waals surface area (Å²) in [6.45, 7) is 0.798. The molecule has 0 saturated heterocycles. The van der Waals surface area contributed by atoms with E-state index in [1.807, 2.05) is 66.5 Å². The molecule has 0 spiro atoms. The first-order valence-electron chi connectivity index (χ1n) is 10.4. The average molecular weight is 394 g/mol. The maximum atomic E-state index is 12.8. The first-order valence-corrected chi connectivity index (χ1v) is 10.4. The van der Waals surface area contributed by atoms with E-state index in [1.54, 1.807) is 11.9 Å². The third-order valence-corrected chi connectivity index (χ3v) is 5.68. The average Bonchev–Trinajstić information content (AvgIpc) is 2.78. The summed E-state index contributed by atoms with van der Waals surface area (Å²) in [6, 6.07) is 17.7. The SMILES string of the molecule is CN(Cc1ccccc1)C(=O)c1cccc(NCC(=O)N(C)C2CCCCC2)c1. The van der Waals surface area contributed by atoms with E-state index in [-0.39, 0.29) is 18.4 Å². The Balaban J connectivity index is 1.55. The molecule has 0 heterocycles. The van der Waals surface area contributed by atoms with Gasteiger partial charge in [-0.2, -0.15) is 0 Å². The normalized spacial score (nSPS) is 14.3. The molecule has 1 fully saturated rings. The number of carbonyl (C=O) groups excluding carboxylic acids is 2. The molecule has 2 aromatic carbocycles. The van der Waals surface area contributed by atoms with E-state index < -0.39 is 0 Å². The van der Waals surface area contributed by atoms with Gasteiger partial charge in [0.1, 0.15) is 0 Å². The fourth-order valence-corrected chi connectivity index (χ4v) is 3.89. The molecule has 2 amide bonds. The van der Waals surface area contributed by atoms with E-state index in [0.717, 1.165) is 24.1 Å². The molecule has 0 radical (unpaired) electrons. The van der Waals surface area contributed by atoms with Crippen LogP contribution in [0.25, 0.3) is 0 Å². The lowest BCUT2D eigenvalue weighted by molar-refractivity contribution is -0.130. The van der Waals surface area contributed by atoms with Crippen molar-refractivity contribution < 1.29 is 9.59 Å². The molecule has 1 N–H and O–H groups in total. The van der Waals surface area contributed by atoms with Crippen LogP contribution in [-0.4, -0.2) is 48.3 Å². The van der Waals surface area contributed by atoms with Gasteiger partial charge < -0.3 is 15.1 Å². The van der Waals surface area contributed by atoms with Gasteiger partial charge in [-0.05, 0) is 36.6 Å². The number of nitrogens with zero attached hydrogens (tertiary/aromatic N) is 2. The second-order valence-electron chi connectivity index (χ2n) is 7.88. The molecule has 0 atom stereocenters. The van der Waals surface area contributed by atoms with Crippen molar-refractivity contribution in [3.8, 4) is 0 Å². The van der Waals surface area contributed by atoms with Crippen molar-refractivity contribution in [2.24, 2.45) is 0 Å². The van der Waals surface area contributed by atoms with Gasteiger partial charge in [-0.1, -0.05) is 55.7 Å². The van der Waals surface area contributed by atoms with Crippen LogP contribution in [0.15, 0.2) is 54.6 Å². The van der Waals surface area contributed by atoms with Crippen molar-refractivity contribution in [3.05, 3.63) is 65.7 Å². The Labute approximate surface area is 173 Å². The molecule has 0 aromatic heterocycles. The Hall–Kier alpha value is -2.82. The predicted octanol–water partition coefficient (Wildman–Crippen LogP) is 4.16. The van der Waals surface area contributed by atoms with E-state index in [9.17, 15) is 9.59 Å². The number of carbonyl (C=O) groups is 2. The fourth-order valence-electron chi connectivity index (χ4n) is 3.89. The maximum absolute atomic E-state index is 12.8. The van der Waals surface area contributed by atoms with Crippen LogP contribution in [0, 0.1) is 0 Å². The Morgan fingerprint density at radius 2 is 1.69 bits per heavy atom. The molecular weight excluding hydrogens is 362 g/mol. The molecule has 5 heteroatoms. The summed E-state index contributed by atoms with van der Waals surface area (Å²) >= 11 is 0. The summed E-state index contributed by atoms with van der Waals surface area (Å²) in [6.07, 6.45) is 5.88. The predicted molar refractivity (Wildman–Crippen MR) is 117 cm³/mol. The largest absolute Gasteiger partial charge is 0.376 e. The molecule has 0 bridgehead atoms. The van der Waals surface area contributed by atoms with Gasteiger partial charge in [0.2, 0.25) is 5.91 Å². The highest BCUT2D eigenvalue weighted by Gasteiger charge is 2.21. The van der Waals surface area contributed by atoms with Gasteiger partial charge in [-0.15, -0.1) is 0 Å². The lowest BCUT2D eigenvalue weighted by Crippen LogP contribution is -2.41. The smallest absolute Gasteiger partial charge is 0.253 e. The number of hydrogen-bond acceptors (Lipinski definition) is 3. The summed E-state index contributed by atoms with van der Waals surface area (Å²) < 4.78 is 0. The number of amides is 2. The molecule has 0 unspecified atom stereocenters. The second kappa shape index (κ2) is 10.1. The van der Waals surface area contributed by atoms with Gasteiger partial charge in [0.25, 0.3) is 5.91 Å². The quantitative estimate of drug-likeness (QED) is 0.768. The van der Waals surface area contributed by atoms with Gasteiger partial charge in [-0.3, -0.25) is 9.59 Å². The van der Waals surface area contributed by atoms with Crippen molar-refractivity contribution in [2.45, 2.75) is 44.7 Å². The molecule has 2 aromatic rings. The molecule has 1 aliphatic carbocycles. The summed E-state index contributed by atoms with van der Waals surface area (Å²) in [5, 5.41) is 3.19. The summed E-state index contributed by atoms with van der Waals surface area (Å²) in [5.74, 6) is 0.0537. The van der Waals surface area contributed by atoms with Gasteiger partial charge in [0.05, 0.1) is 6.54 Å². The van der Waals surface area contributed by atoms with Crippen LogP contribution in [0.3, 0.4) is 0 Å². The molecular formula is C24H31N3O2. The van der Waals surface area contributed by atoms with Crippen molar-refractivity contribution in [3.63, 3.8) is 0 Å². The highest BCUT2D eigenvalue weighted by atomic mass is 16.2. The first-order chi connectivity index (χ1) is 14.0. The molecule has 0 aliphatic heterocycles. The van der Waals surface area contributed by atoms with Crippen LogP contribution >= 0.6 is 0 Å². The van der Waals surface area contributed by atoms with Crippen LogP contribution in [0.2, 0.25) is 0 Å². The van der Waals surface area contributed by atoms with Crippen LogP contribution in [0.5, 0.6) is 0 Å². The van der Waals surface area contributed by atoms with Gasteiger partial charge in [-0.25, -0.2) is 0 Å². The van der Waals surface area contributed by atoms with Crippen molar-refractivity contribution in [1.82, 2.24) is 9.80 Å². The molecule has 1 saturated carbocycles. The van der Waals surface area contributed by atoms with Gasteiger partial charge in [0, 0.05) is 37.9 Å². The highest BCUT2D eigenvalue weighted by molar-refractivity contribution is 5.95. The zero-order chi connectivity index (χ0) is 20.6. The minimum Gasteiger partial charge on any atom is -0.376 e. The minimum absolute atomic E-state index is 0.0387. The van der Waals surface area contributed by atoms with E-state index >= 15 is 0 Å². The van der Waals surface area contributed by atoms with E-state index in [4.69, 9.17) is 0 Å². The van der Waals surface area contributed by atoms with Gasteiger partial charge in [0.15, 0.2) is 0 Å². The van der Waals surface area contributed by atoms with Crippen molar-refractivity contribution >= 4 is 17.5 Å². The second-order valence-corrected chi connectivity index (χ2v) is 7.88. The van der Waals surface area contributed by atoms with Crippen molar-refractivity contribution in [1.29, 1.82) is 0 Å². The van der Waals surface area contributed by atoms with E-state index in [0.29, 0.717) is 18.2 Å². The lowest BCUT2D eigenvalue weighted by Gasteiger charge is -2.31. The fraction of sp³-hybridized carbons (Fsp3) is 0.417. The molecule has 3 rings (SSSR count). The summed E-state index contributed by atoms with van der Waals surface area (Å²) in [4.78, 5) is 28.9. The third-order valence-electron chi connectivity index (χ3n) is 5.68. The minimum atomic E-state index is -0.0387. The standard InChI is InChI=1S/C24H31N3O2/c1-26(18-19-10-5-3-6-11-19)24(29)20-12-9-13-21(16-20)25-17-23(28)27(2)22-14-7-4-8-15-22/h3,5-6,9-13,16,22,25H,4,7-8,14-15,17-18H2,1-2H3. The first kappa shape index (κ1) is 20.9. The Morgan fingerprint density at radius 3 is 2.41 bits per heavy atom. The number of likely N-dealkylation sites (N-methyl/N-ethyl adjacent to an activating group) is 1. The summed E-state index contributed by atoms with van der Waals surface area (Å²) in [7, 11) is 3.70. The summed E-state index contributed by atoms with van der Waals surface area (Å²) in [5.41, 5.74) is 2.49. The monoisotopic (exact) mass is 393 g/mol. The van der Waals surface area contributed by atoms with Crippen LogP contribution in [0.1, 0.15) is 48.0 Å². The van der Waals surface area contributed by atoms with Crippen LogP contribution < -0.4 is 5.32 Å². The number of rotatable bonds is 7. The van der Waals surface area contributed by atoms with E-state index in [1.165, 1.54) is 19.3 Å². The van der Waals surface area contributed by atoms with Gasteiger partial charge >= 0.3 is 0 Å². The molecule has 1 aliphatic rings. The number of anilines is 1. The van der Waals surface area contributed by atoms with Crippen molar-refractivity contribution in [2.75, 3.05) is 26.0 Å².